The summed E-state index contributed by atoms with van der Waals surface area (Å²) in [4.78, 5) is 36.4. The number of benzene rings is 3. The zero-order valence-corrected chi connectivity index (χ0v) is 21.4. The first-order valence-corrected chi connectivity index (χ1v) is 13.2. The maximum Gasteiger partial charge on any atom is 0.320 e. The van der Waals surface area contributed by atoms with Crippen LogP contribution in [0, 0.1) is 0 Å². The molecular weight excluding hydrogens is 480 g/mol. The second-order valence-electron chi connectivity index (χ2n) is 9.65. The lowest BCUT2D eigenvalue weighted by molar-refractivity contribution is -0.139. The first kappa shape index (κ1) is 27.1. The Morgan fingerprint density at radius 1 is 0.842 bits per heavy atom. The summed E-state index contributed by atoms with van der Waals surface area (Å²) in [6.45, 7) is 0.376. The Hall–Kier alpha value is -3.97. The van der Waals surface area contributed by atoms with Crippen LogP contribution in [-0.2, 0) is 16.1 Å². The van der Waals surface area contributed by atoms with Crippen LogP contribution >= 0.6 is 0 Å². The van der Waals surface area contributed by atoms with E-state index in [1.54, 1.807) is 12.1 Å². The van der Waals surface area contributed by atoms with Crippen molar-refractivity contribution < 1.29 is 24.2 Å². The molecule has 1 aliphatic rings. The predicted molar refractivity (Wildman–Crippen MR) is 146 cm³/mol. The quantitative estimate of drug-likeness (QED) is 0.319. The van der Waals surface area contributed by atoms with E-state index in [1.165, 1.54) is 19.3 Å². The van der Waals surface area contributed by atoms with Crippen molar-refractivity contribution in [3.8, 4) is 16.9 Å². The van der Waals surface area contributed by atoms with Crippen molar-refractivity contribution in [1.82, 2.24) is 10.6 Å². The van der Waals surface area contributed by atoms with Crippen molar-refractivity contribution in [2.24, 2.45) is 0 Å². The Balaban J connectivity index is 1.25. The molecular formula is C31H34N2O5. The van der Waals surface area contributed by atoms with E-state index in [-0.39, 0.29) is 12.8 Å². The van der Waals surface area contributed by atoms with E-state index in [0.717, 1.165) is 35.3 Å². The van der Waals surface area contributed by atoms with Crippen molar-refractivity contribution in [2.45, 2.75) is 63.6 Å². The van der Waals surface area contributed by atoms with Gasteiger partial charge in [0, 0.05) is 18.5 Å². The molecule has 4 rings (SSSR count). The third-order valence-corrected chi connectivity index (χ3v) is 6.80. The summed E-state index contributed by atoms with van der Waals surface area (Å²) in [7, 11) is 0. The van der Waals surface area contributed by atoms with Crippen LogP contribution in [0.2, 0.25) is 0 Å². The number of hydrogen-bond acceptors (Lipinski definition) is 5. The number of aliphatic carboxylic acids is 1. The third-order valence-electron chi connectivity index (χ3n) is 6.80. The fourth-order valence-electron chi connectivity index (χ4n) is 4.60. The molecule has 1 aliphatic carbocycles. The second kappa shape index (κ2) is 13.5. The Morgan fingerprint density at radius 3 is 2.11 bits per heavy atom. The van der Waals surface area contributed by atoms with Crippen LogP contribution in [0.3, 0.4) is 0 Å². The topological polar surface area (TPSA) is 105 Å². The molecule has 0 aromatic heterocycles. The molecule has 38 heavy (non-hydrogen) atoms. The minimum Gasteiger partial charge on any atom is -0.490 e. The molecule has 0 saturated heterocycles. The van der Waals surface area contributed by atoms with Gasteiger partial charge in [0.2, 0.25) is 5.91 Å². The number of carbonyl (C=O) groups is 3. The van der Waals surface area contributed by atoms with Crippen LogP contribution in [0.25, 0.3) is 11.1 Å². The molecule has 198 valence electrons. The molecule has 7 heteroatoms. The highest BCUT2D eigenvalue weighted by Gasteiger charge is 2.19. The zero-order chi connectivity index (χ0) is 26.7. The first-order valence-electron chi connectivity index (χ1n) is 13.2. The summed E-state index contributed by atoms with van der Waals surface area (Å²) >= 11 is 0. The maximum atomic E-state index is 12.5. The average Bonchev–Trinajstić information content (AvgIpc) is 2.94. The Labute approximate surface area is 223 Å². The van der Waals surface area contributed by atoms with Gasteiger partial charge in [0.25, 0.3) is 5.91 Å². The third kappa shape index (κ3) is 8.02. The van der Waals surface area contributed by atoms with Crippen LogP contribution < -0.4 is 15.4 Å². The number of rotatable bonds is 11. The number of amides is 2. The van der Waals surface area contributed by atoms with Crippen LogP contribution in [0.5, 0.6) is 5.75 Å². The van der Waals surface area contributed by atoms with Crippen molar-refractivity contribution >= 4 is 17.8 Å². The van der Waals surface area contributed by atoms with Gasteiger partial charge in [0.1, 0.15) is 11.8 Å². The van der Waals surface area contributed by atoms with Crippen LogP contribution in [0.15, 0.2) is 78.9 Å². The van der Waals surface area contributed by atoms with Gasteiger partial charge in [-0.3, -0.25) is 19.7 Å². The van der Waals surface area contributed by atoms with Crippen molar-refractivity contribution in [1.29, 1.82) is 0 Å². The highest BCUT2D eigenvalue weighted by Crippen LogP contribution is 2.26. The van der Waals surface area contributed by atoms with Gasteiger partial charge in [0.15, 0.2) is 0 Å². The fourth-order valence-corrected chi connectivity index (χ4v) is 4.60. The zero-order valence-electron chi connectivity index (χ0n) is 21.4. The SMILES string of the molecule is O=C(CC[C@H](NCc1ccccc1)C(=O)O)NC(=O)c1ccc(-c2ccc(OC3CCCCC3)cc2)cc1. The number of imide groups is 1. The predicted octanol–water partition coefficient (Wildman–Crippen LogP) is 5.34. The average molecular weight is 515 g/mol. The second-order valence-corrected chi connectivity index (χ2v) is 9.65. The minimum absolute atomic E-state index is 0.0701. The van der Waals surface area contributed by atoms with Gasteiger partial charge < -0.3 is 15.2 Å². The molecule has 0 unspecified atom stereocenters. The largest absolute Gasteiger partial charge is 0.490 e. The molecule has 1 fully saturated rings. The summed E-state index contributed by atoms with van der Waals surface area (Å²) in [5.74, 6) is -1.19. The first-order chi connectivity index (χ1) is 18.5. The molecule has 1 atom stereocenters. The highest BCUT2D eigenvalue weighted by molar-refractivity contribution is 6.04. The molecule has 0 bridgehead atoms. The van der Waals surface area contributed by atoms with Gasteiger partial charge in [-0.05, 0) is 73.1 Å². The van der Waals surface area contributed by atoms with Gasteiger partial charge in [-0.1, -0.05) is 61.0 Å². The van der Waals surface area contributed by atoms with Crippen molar-refractivity contribution in [3.05, 3.63) is 90.0 Å². The number of nitrogens with one attached hydrogen (secondary N) is 2. The van der Waals surface area contributed by atoms with E-state index in [0.29, 0.717) is 18.2 Å². The molecule has 2 amide bonds. The molecule has 3 N–H and O–H groups in total. The molecule has 0 heterocycles. The molecule has 0 radical (unpaired) electrons. The van der Waals surface area contributed by atoms with E-state index in [2.05, 4.69) is 10.6 Å². The molecule has 0 spiro atoms. The number of carboxylic acids is 1. The monoisotopic (exact) mass is 514 g/mol. The minimum atomic E-state index is -1.04. The maximum absolute atomic E-state index is 12.5. The number of carbonyl (C=O) groups excluding carboxylic acids is 2. The van der Waals surface area contributed by atoms with Gasteiger partial charge in [-0.25, -0.2) is 0 Å². The lowest BCUT2D eigenvalue weighted by Crippen LogP contribution is -2.38. The van der Waals surface area contributed by atoms with Crippen LogP contribution in [0.4, 0.5) is 0 Å². The van der Waals surface area contributed by atoms with E-state index in [1.807, 2.05) is 66.7 Å². The molecule has 3 aromatic rings. The summed E-state index contributed by atoms with van der Waals surface area (Å²) < 4.78 is 6.09. The summed E-state index contributed by atoms with van der Waals surface area (Å²) in [6.07, 6.45) is 6.25. The van der Waals surface area contributed by atoms with Gasteiger partial charge in [-0.2, -0.15) is 0 Å². The lowest BCUT2D eigenvalue weighted by atomic mass is 9.98. The van der Waals surface area contributed by atoms with Crippen LogP contribution in [-0.4, -0.2) is 35.0 Å². The van der Waals surface area contributed by atoms with Gasteiger partial charge in [0.05, 0.1) is 6.10 Å². The smallest absolute Gasteiger partial charge is 0.320 e. The van der Waals surface area contributed by atoms with E-state index in [4.69, 9.17) is 4.74 Å². The molecule has 1 saturated carbocycles. The molecule has 7 nitrogen and oxygen atoms in total. The number of hydrogen-bond donors (Lipinski definition) is 3. The summed E-state index contributed by atoms with van der Waals surface area (Å²) in [5, 5.41) is 14.8. The summed E-state index contributed by atoms with van der Waals surface area (Å²) in [6, 6.07) is 23.5. The Bertz CT molecular complexity index is 1200. The van der Waals surface area contributed by atoms with Crippen molar-refractivity contribution in [3.63, 3.8) is 0 Å². The summed E-state index contributed by atoms with van der Waals surface area (Å²) in [5.41, 5.74) is 3.26. The fraction of sp³-hybridized carbons (Fsp3) is 0.323. The van der Waals surface area contributed by atoms with Gasteiger partial charge >= 0.3 is 5.97 Å². The standard InChI is InChI=1S/C31H34N2O5/c34-29(20-19-28(31(36)37)32-21-22-7-3-1-4-8-22)33-30(35)25-13-11-23(12-14-25)24-15-17-27(18-16-24)38-26-9-5-2-6-10-26/h1,3-4,7-8,11-18,26,28,32H,2,5-6,9-10,19-21H2,(H,36,37)(H,33,34,35)/t28-/m0/s1. The van der Waals surface area contributed by atoms with Crippen molar-refractivity contribution in [2.75, 3.05) is 0 Å². The number of ether oxygens (including phenoxy) is 1. The Kier molecular flexibility index (Phi) is 9.65. The van der Waals surface area contributed by atoms with E-state index < -0.39 is 23.8 Å². The van der Waals surface area contributed by atoms with E-state index in [9.17, 15) is 19.5 Å². The normalized spacial score (nSPS) is 14.4. The van der Waals surface area contributed by atoms with E-state index >= 15 is 0 Å². The highest BCUT2D eigenvalue weighted by atomic mass is 16.5. The number of carboxylic acid groups (broad SMARTS) is 1. The van der Waals surface area contributed by atoms with Crippen LogP contribution in [0.1, 0.15) is 60.9 Å². The molecule has 0 aliphatic heterocycles. The lowest BCUT2D eigenvalue weighted by Gasteiger charge is -2.23. The molecule has 3 aromatic carbocycles. The van der Waals surface area contributed by atoms with Gasteiger partial charge in [-0.15, -0.1) is 0 Å². The Morgan fingerprint density at radius 2 is 1.47 bits per heavy atom.